The van der Waals surface area contributed by atoms with Crippen molar-refractivity contribution in [1.82, 2.24) is 4.98 Å². The van der Waals surface area contributed by atoms with Gasteiger partial charge in [-0.1, -0.05) is 0 Å². The van der Waals surface area contributed by atoms with E-state index < -0.39 is 5.95 Å². The topological polar surface area (TPSA) is 48.8 Å². The number of morpholine rings is 1. The van der Waals surface area contributed by atoms with Gasteiger partial charge in [-0.15, -0.1) is 0 Å². The number of phenolic OH excluding ortho intramolecular Hbond substituents is 1. The van der Waals surface area contributed by atoms with Crippen molar-refractivity contribution in [2.75, 3.05) is 42.6 Å². The average molecular weight is 343 g/mol. The summed E-state index contributed by atoms with van der Waals surface area (Å²) in [7, 11) is 0. The largest absolute Gasteiger partial charge is 0.508 e. The molecule has 1 aromatic carbocycles. The van der Waals surface area contributed by atoms with E-state index >= 15 is 0 Å². The molecule has 2 aromatic rings. The van der Waals surface area contributed by atoms with Crippen LogP contribution in [0, 0.1) is 5.95 Å². The number of ether oxygens (including phenoxy) is 1. The molecule has 0 aliphatic carbocycles. The van der Waals surface area contributed by atoms with Gasteiger partial charge in [-0.2, -0.15) is 4.39 Å². The van der Waals surface area contributed by atoms with E-state index in [9.17, 15) is 9.50 Å². The molecule has 2 aliphatic rings. The van der Waals surface area contributed by atoms with E-state index in [4.69, 9.17) is 4.74 Å². The Kier molecular flexibility index (Phi) is 4.21. The van der Waals surface area contributed by atoms with Gasteiger partial charge in [-0.05, 0) is 49.2 Å². The monoisotopic (exact) mass is 343 g/mol. The zero-order valence-electron chi connectivity index (χ0n) is 14.1. The molecule has 6 heteroatoms. The van der Waals surface area contributed by atoms with Gasteiger partial charge >= 0.3 is 0 Å². The fraction of sp³-hybridized carbons (Fsp3) is 0.421. The first-order chi connectivity index (χ1) is 12.1. The molecule has 0 unspecified atom stereocenters. The molecular weight excluding hydrogens is 321 g/mol. The number of hydrogen-bond acceptors (Lipinski definition) is 5. The van der Waals surface area contributed by atoms with Gasteiger partial charge in [0.25, 0.3) is 0 Å². The molecule has 3 heterocycles. The number of aromatic nitrogens is 1. The Balaban J connectivity index is 1.43. The van der Waals surface area contributed by atoms with Gasteiger partial charge in [0.15, 0.2) is 0 Å². The number of hydrogen-bond donors (Lipinski definition) is 1. The van der Waals surface area contributed by atoms with Gasteiger partial charge in [0.05, 0.1) is 24.1 Å². The van der Waals surface area contributed by atoms with Crippen LogP contribution in [-0.2, 0) is 4.74 Å². The highest BCUT2D eigenvalue weighted by Crippen LogP contribution is 2.34. The predicted molar refractivity (Wildman–Crippen MR) is 94.6 cm³/mol. The van der Waals surface area contributed by atoms with Crippen LogP contribution in [0.1, 0.15) is 12.8 Å². The van der Waals surface area contributed by atoms with E-state index in [0.29, 0.717) is 6.61 Å². The fourth-order valence-electron chi connectivity index (χ4n) is 3.76. The van der Waals surface area contributed by atoms with E-state index in [1.165, 1.54) is 6.07 Å². The Morgan fingerprint density at radius 1 is 0.960 bits per heavy atom. The second kappa shape index (κ2) is 6.52. The second-order valence-electron chi connectivity index (χ2n) is 6.80. The van der Waals surface area contributed by atoms with E-state index in [2.05, 4.69) is 14.8 Å². The summed E-state index contributed by atoms with van der Waals surface area (Å²) in [5.74, 6) is -0.162. The minimum absolute atomic E-state index is 0.153. The summed E-state index contributed by atoms with van der Waals surface area (Å²) in [5, 5.41) is 9.44. The summed E-state index contributed by atoms with van der Waals surface area (Å²) in [4.78, 5) is 8.34. The number of pyridine rings is 1. The third-order valence-electron chi connectivity index (χ3n) is 5.21. The summed E-state index contributed by atoms with van der Waals surface area (Å²) in [5.41, 5.74) is 1.92. The first kappa shape index (κ1) is 16.1. The van der Waals surface area contributed by atoms with Crippen LogP contribution < -0.4 is 9.80 Å². The van der Waals surface area contributed by atoms with E-state index in [1.807, 2.05) is 12.1 Å². The molecular formula is C19H22FN3O2. The van der Waals surface area contributed by atoms with Crippen LogP contribution in [0.15, 0.2) is 42.6 Å². The van der Waals surface area contributed by atoms with Crippen molar-refractivity contribution in [2.45, 2.75) is 18.4 Å². The lowest BCUT2D eigenvalue weighted by atomic mass is 9.89. The summed E-state index contributed by atoms with van der Waals surface area (Å²) in [6, 6.07) is 10.5. The van der Waals surface area contributed by atoms with Crippen molar-refractivity contribution in [1.29, 1.82) is 0 Å². The highest BCUT2D eigenvalue weighted by atomic mass is 19.1. The molecule has 1 spiro atoms. The van der Waals surface area contributed by atoms with Crippen molar-refractivity contribution >= 4 is 11.4 Å². The van der Waals surface area contributed by atoms with Crippen LogP contribution in [-0.4, -0.2) is 48.5 Å². The molecule has 4 rings (SSSR count). The zero-order valence-corrected chi connectivity index (χ0v) is 14.1. The number of anilines is 2. The first-order valence-electron chi connectivity index (χ1n) is 8.68. The normalized spacial score (nSPS) is 20.0. The maximum atomic E-state index is 13.1. The van der Waals surface area contributed by atoms with Crippen LogP contribution in [0.5, 0.6) is 5.75 Å². The maximum Gasteiger partial charge on any atom is 0.212 e. The minimum Gasteiger partial charge on any atom is -0.508 e. The van der Waals surface area contributed by atoms with Crippen molar-refractivity contribution in [2.24, 2.45) is 0 Å². The lowest BCUT2D eigenvalue weighted by molar-refractivity contribution is -0.0704. The van der Waals surface area contributed by atoms with Gasteiger partial charge in [-0.3, -0.25) is 0 Å². The zero-order chi connectivity index (χ0) is 17.3. The molecule has 2 aliphatic heterocycles. The molecule has 2 saturated heterocycles. The molecule has 1 N–H and O–H groups in total. The van der Waals surface area contributed by atoms with Crippen molar-refractivity contribution < 1.29 is 14.2 Å². The van der Waals surface area contributed by atoms with Crippen molar-refractivity contribution in [3.05, 3.63) is 48.5 Å². The number of piperidine rings is 1. The Labute approximate surface area is 146 Å². The quantitative estimate of drug-likeness (QED) is 0.850. The lowest BCUT2D eigenvalue weighted by Gasteiger charge is -2.48. The summed E-state index contributed by atoms with van der Waals surface area (Å²) in [6.45, 7) is 4.12. The molecule has 0 amide bonds. The standard InChI is InChI=1S/C19H22FN3O2/c20-18-6-3-16(13-21-18)23-11-12-25-19(14-23)7-9-22(10-8-19)15-1-4-17(24)5-2-15/h1-6,13,24H,7-12,14H2. The first-order valence-corrected chi connectivity index (χ1v) is 8.68. The van der Waals surface area contributed by atoms with E-state index in [1.54, 1.807) is 24.4 Å². The minimum atomic E-state index is -0.450. The third-order valence-corrected chi connectivity index (χ3v) is 5.21. The molecule has 0 saturated carbocycles. The van der Waals surface area contributed by atoms with Crippen LogP contribution in [0.25, 0.3) is 0 Å². The molecule has 5 nitrogen and oxygen atoms in total. The predicted octanol–water partition coefficient (Wildman–Crippen LogP) is 2.80. The number of benzene rings is 1. The molecule has 132 valence electrons. The molecule has 0 bridgehead atoms. The Morgan fingerprint density at radius 2 is 1.68 bits per heavy atom. The van der Waals surface area contributed by atoms with Gasteiger partial charge in [0.2, 0.25) is 5.95 Å². The second-order valence-corrected chi connectivity index (χ2v) is 6.80. The van der Waals surface area contributed by atoms with Gasteiger partial charge in [0, 0.05) is 31.9 Å². The van der Waals surface area contributed by atoms with Gasteiger partial charge in [-0.25, -0.2) is 4.98 Å². The highest BCUT2D eigenvalue weighted by Gasteiger charge is 2.40. The molecule has 2 fully saturated rings. The van der Waals surface area contributed by atoms with Gasteiger partial charge < -0.3 is 19.6 Å². The number of rotatable bonds is 2. The Morgan fingerprint density at radius 3 is 2.36 bits per heavy atom. The SMILES string of the molecule is Oc1ccc(N2CCC3(CC2)CN(c2ccc(F)nc2)CCO3)cc1. The fourth-order valence-corrected chi connectivity index (χ4v) is 3.76. The van der Waals surface area contributed by atoms with Gasteiger partial charge in [0.1, 0.15) is 5.75 Å². The molecule has 1 aromatic heterocycles. The van der Waals surface area contributed by atoms with E-state index in [0.717, 1.165) is 50.4 Å². The number of nitrogens with zero attached hydrogens (tertiary/aromatic N) is 3. The Hall–Kier alpha value is -2.34. The lowest BCUT2D eigenvalue weighted by Crippen LogP contribution is -2.57. The van der Waals surface area contributed by atoms with Crippen LogP contribution >= 0.6 is 0 Å². The maximum absolute atomic E-state index is 13.1. The van der Waals surface area contributed by atoms with Crippen LogP contribution in [0.3, 0.4) is 0 Å². The number of phenols is 1. The smallest absolute Gasteiger partial charge is 0.212 e. The van der Waals surface area contributed by atoms with Crippen LogP contribution in [0.2, 0.25) is 0 Å². The highest BCUT2D eigenvalue weighted by molar-refractivity contribution is 5.50. The average Bonchev–Trinajstić information content (AvgIpc) is 2.64. The Bertz CT molecular complexity index is 712. The summed E-state index contributed by atoms with van der Waals surface area (Å²) < 4.78 is 19.2. The molecule has 25 heavy (non-hydrogen) atoms. The molecule has 0 atom stereocenters. The summed E-state index contributed by atoms with van der Waals surface area (Å²) in [6.07, 6.45) is 3.48. The van der Waals surface area contributed by atoms with E-state index in [-0.39, 0.29) is 11.4 Å². The number of halogens is 1. The van der Waals surface area contributed by atoms with Crippen molar-refractivity contribution in [3.8, 4) is 5.75 Å². The summed E-state index contributed by atoms with van der Waals surface area (Å²) >= 11 is 0. The number of aromatic hydroxyl groups is 1. The third kappa shape index (κ3) is 3.39. The van der Waals surface area contributed by atoms with Crippen molar-refractivity contribution in [3.63, 3.8) is 0 Å². The van der Waals surface area contributed by atoms with Crippen LogP contribution in [0.4, 0.5) is 15.8 Å². The molecule has 0 radical (unpaired) electrons.